The molecule has 0 unspecified atom stereocenters. The Morgan fingerprint density at radius 3 is 1.79 bits per heavy atom. The molecule has 0 N–H and O–H groups in total. The lowest BCUT2D eigenvalue weighted by Gasteiger charge is -2.29. The molecule has 0 spiro atoms. The van der Waals surface area contributed by atoms with Gasteiger partial charge in [0.2, 0.25) is 0 Å². The van der Waals surface area contributed by atoms with Gasteiger partial charge in [-0.15, -0.1) is 0 Å². The van der Waals surface area contributed by atoms with Gasteiger partial charge < -0.3 is 4.90 Å². The van der Waals surface area contributed by atoms with Crippen molar-refractivity contribution in [3.63, 3.8) is 0 Å². The van der Waals surface area contributed by atoms with Crippen LogP contribution < -0.4 is 4.90 Å². The van der Waals surface area contributed by atoms with Crippen LogP contribution in [0.1, 0.15) is 61.8 Å². The average Bonchev–Trinajstić information content (AvgIpc) is 2.69. The van der Waals surface area contributed by atoms with Gasteiger partial charge in [-0.1, -0.05) is 87.8 Å². The molecule has 3 rings (SSSR count). The summed E-state index contributed by atoms with van der Waals surface area (Å²) in [5.41, 5.74) is 6.86. The van der Waals surface area contributed by atoms with Crippen LogP contribution in [0.5, 0.6) is 0 Å². The maximum absolute atomic E-state index is 6.09. The highest BCUT2D eigenvalue weighted by Gasteiger charge is 2.17. The summed E-state index contributed by atoms with van der Waals surface area (Å²) in [6.45, 7) is 10.9. The SMILES string of the molecule is CC(C)c1cccc(C(C)C)c1CN(Cc1ccc(Cl)cc1)c1ccccc1. The lowest BCUT2D eigenvalue weighted by Crippen LogP contribution is -2.24. The number of para-hydroxylation sites is 1. The molecule has 0 fully saturated rings. The zero-order valence-electron chi connectivity index (χ0n) is 17.3. The fourth-order valence-corrected chi connectivity index (χ4v) is 3.89. The molecule has 2 heteroatoms. The number of rotatable bonds is 7. The quantitative estimate of drug-likeness (QED) is 0.397. The summed E-state index contributed by atoms with van der Waals surface area (Å²) in [6, 6.07) is 25.7. The third kappa shape index (κ3) is 4.97. The zero-order valence-corrected chi connectivity index (χ0v) is 18.1. The Bertz CT molecular complexity index is 856. The molecule has 0 saturated heterocycles. The molecule has 0 saturated carbocycles. The van der Waals surface area contributed by atoms with Crippen molar-refractivity contribution < 1.29 is 0 Å². The van der Waals surface area contributed by atoms with E-state index in [-0.39, 0.29) is 0 Å². The van der Waals surface area contributed by atoms with Crippen molar-refractivity contribution in [3.05, 3.63) is 100 Å². The number of nitrogens with zero attached hydrogens (tertiary/aromatic N) is 1. The molecule has 0 aliphatic heterocycles. The van der Waals surface area contributed by atoms with E-state index in [1.165, 1.54) is 27.9 Å². The summed E-state index contributed by atoms with van der Waals surface area (Å²) in [4.78, 5) is 2.47. The van der Waals surface area contributed by atoms with E-state index in [1.54, 1.807) is 0 Å². The Morgan fingerprint density at radius 2 is 1.25 bits per heavy atom. The first-order chi connectivity index (χ1) is 13.5. The van der Waals surface area contributed by atoms with E-state index in [4.69, 9.17) is 11.6 Å². The van der Waals surface area contributed by atoms with Crippen molar-refractivity contribution >= 4 is 17.3 Å². The Morgan fingerprint density at radius 1 is 0.679 bits per heavy atom. The molecule has 0 heterocycles. The third-order valence-corrected chi connectivity index (χ3v) is 5.50. The van der Waals surface area contributed by atoms with Crippen LogP contribution in [0, 0.1) is 0 Å². The van der Waals surface area contributed by atoms with Crippen LogP contribution in [0.4, 0.5) is 5.69 Å². The third-order valence-electron chi connectivity index (χ3n) is 5.25. The number of benzene rings is 3. The van der Waals surface area contributed by atoms with E-state index < -0.39 is 0 Å². The smallest absolute Gasteiger partial charge is 0.0438 e. The number of anilines is 1. The summed E-state index contributed by atoms with van der Waals surface area (Å²) < 4.78 is 0. The Balaban J connectivity index is 2.01. The lowest BCUT2D eigenvalue weighted by atomic mass is 9.88. The molecular weight excluding hydrogens is 362 g/mol. The first-order valence-corrected chi connectivity index (χ1v) is 10.5. The molecular formula is C26H30ClN. The van der Waals surface area contributed by atoms with Crippen LogP contribution in [0.3, 0.4) is 0 Å². The fourth-order valence-electron chi connectivity index (χ4n) is 3.77. The van der Waals surface area contributed by atoms with Gasteiger partial charge in [0.05, 0.1) is 0 Å². The van der Waals surface area contributed by atoms with Gasteiger partial charge in [-0.3, -0.25) is 0 Å². The highest BCUT2D eigenvalue weighted by molar-refractivity contribution is 6.30. The summed E-state index contributed by atoms with van der Waals surface area (Å²) in [5.74, 6) is 1.00. The van der Waals surface area contributed by atoms with Crippen molar-refractivity contribution in [2.45, 2.75) is 52.6 Å². The van der Waals surface area contributed by atoms with Crippen molar-refractivity contribution in [3.8, 4) is 0 Å². The molecule has 28 heavy (non-hydrogen) atoms. The van der Waals surface area contributed by atoms with Gasteiger partial charge in [0.25, 0.3) is 0 Å². The summed E-state index contributed by atoms with van der Waals surface area (Å²) in [5, 5.41) is 0.780. The van der Waals surface area contributed by atoms with Crippen LogP contribution >= 0.6 is 11.6 Å². The van der Waals surface area contributed by atoms with Crippen LogP contribution in [-0.2, 0) is 13.1 Å². The van der Waals surface area contributed by atoms with Crippen LogP contribution in [0.15, 0.2) is 72.8 Å². The van der Waals surface area contributed by atoms with E-state index >= 15 is 0 Å². The topological polar surface area (TPSA) is 3.24 Å². The summed E-state index contributed by atoms with van der Waals surface area (Å²) >= 11 is 6.09. The minimum Gasteiger partial charge on any atom is -0.363 e. The average molecular weight is 392 g/mol. The van der Waals surface area contributed by atoms with Crippen molar-refractivity contribution in [2.24, 2.45) is 0 Å². The largest absolute Gasteiger partial charge is 0.363 e. The van der Waals surface area contributed by atoms with E-state index in [1.807, 2.05) is 12.1 Å². The van der Waals surface area contributed by atoms with Gasteiger partial charge in [0, 0.05) is 23.8 Å². The molecule has 0 amide bonds. The van der Waals surface area contributed by atoms with Crippen LogP contribution in [-0.4, -0.2) is 0 Å². The first-order valence-electron chi connectivity index (χ1n) is 10.1. The molecule has 0 aliphatic rings. The normalized spacial score (nSPS) is 11.2. The molecule has 3 aromatic rings. The zero-order chi connectivity index (χ0) is 20.1. The van der Waals surface area contributed by atoms with E-state index in [9.17, 15) is 0 Å². The second-order valence-corrected chi connectivity index (χ2v) is 8.48. The minimum absolute atomic E-state index is 0.502. The van der Waals surface area contributed by atoms with Gasteiger partial charge in [-0.05, 0) is 58.4 Å². The maximum atomic E-state index is 6.09. The second-order valence-electron chi connectivity index (χ2n) is 8.04. The maximum Gasteiger partial charge on any atom is 0.0438 e. The molecule has 0 radical (unpaired) electrons. The highest BCUT2D eigenvalue weighted by atomic mass is 35.5. The number of hydrogen-bond donors (Lipinski definition) is 0. The molecule has 0 bridgehead atoms. The Kier molecular flexibility index (Phi) is 6.80. The second kappa shape index (κ2) is 9.30. The number of halogens is 1. The lowest BCUT2D eigenvalue weighted by molar-refractivity contribution is 0.743. The van der Waals surface area contributed by atoms with Gasteiger partial charge in [-0.25, -0.2) is 0 Å². The summed E-state index contributed by atoms with van der Waals surface area (Å²) in [7, 11) is 0. The first kappa shape index (κ1) is 20.5. The minimum atomic E-state index is 0.502. The highest BCUT2D eigenvalue weighted by Crippen LogP contribution is 2.31. The predicted molar refractivity (Wildman–Crippen MR) is 122 cm³/mol. The molecule has 0 aromatic heterocycles. The Labute approximate surface area is 175 Å². The van der Waals surface area contributed by atoms with Crippen molar-refractivity contribution in [1.82, 2.24) is 0 Å². The van der Waals surface area contributed by atoms with Crippen molar-refractivity contribution in [1.29, 1.82) is 0 Å². The van der Waals surface area contributed by atoms with Gasteiger partial charge >= 0.3 is 0 Å². The molecule has 0 atom stereocenters. The van der Waals surface area contributed by atoms with Gasteiger partial charge in [-0.2, -0.15) is 0 Å². The van der Waals surface area contributed by atoms with E-state index in [0.29, 0.717) is 11.8 Å². The van der Waals surface area contributed by atoms with E-state index in [2.05, 4.69) is 93.3 Å². The summed E-state index contributed by atoms with van der Waals surface area (Å²) in [6.07, 6.45) is 0. The van der Waals surface area contributed by atoms with Crippen LogP contribution in [0.2, 0.25) is 5.02 Å². The standard InChI is InChI=1S/C26H30ClN/c1-19(2)24-11-8-12-25(20(3)4)26(24)18-28(23-9-6-5-7-10-23)17-21-13-15-22(27)16-14-21/h5-16,19-20H,17-18H2,1-4H3. The predicted octanol–water partition coefficient (Wildman–Crippen LogP) is 7.79. The number of hydrogen-bond acceptors (Lipinski definition) is 1. The Hall–Kier alpha value is -2.25. The molecule has 3 aromatic carbocycles. The molecule has 1 nitrogen and oxygen atoms in total. The van der Waals surface area contributed by atoms with Gasteiger partial charge in [0.1, 0.15) is 0 Å². The fraction of sp³-hybridized carbons (Fsp3) is 0.308. The molecule has 146 valence electrons. The monoisotopic (exact) mass is 391 g/mol. The van der Waals surface area contributed by atoms with Gasteiger partial charge in [0.15, 0.2) is 0 Å². The van der Waals surface area contributed by atoms with Crippen LogP contribution in [0.25, 0.3) is 0 Å². The molecule has 0 aliphatic carbocycles. The van der Waals surface area contributed by atoms with Crippen molar-refractivity contribution in [2.75, 3.05) is 4.90 Å². The van der Waals surface area contributed by atoms with E-state index in [0.717, 1.165) is 18.1 Å².